The maximum Gasteiger partial charge on any atom is 0.160 e. The fourth-order valence-corrected chi connectivity index (χ4v) is 8.90. The highest BCUT2D eigenvalue weighted by molar-refractivity contribution is 7.26. The highest BCUT2D eigenvalue weighted by atomic mass is 32.1. The first-order chi connectivity index (χ1) is 23.1. The van der Waals surface area contributed by atoms with Crippen LogP contribution in [0.25, 0.3) is 81.4 Å². The zero-order chi connectivity index (χ0) is 31.3. The van der Waals surface area contributed by atoms with Gasteiger partial charge in [0.1, 0.15) is 0 Å². The lowest BCUT2D eigenvalue weighted by Crippen LogP contribution is -2.17. The van der Waals surface area contributed by atoms with Crippen molar-refractivity contribution >= 4 is 53.3 Å². The number of nitrogens with zero attached hydrogens (tertiary/aromatic N) is 3. The second-order valence-electron chi connectivity index (χ2n) is 13.0. The molecule has 9 aromatic rings. The zero-order valence-electron chi connectivity index (χ0n) is 26.0. The first kappa shape index (κ1) is 26.6. The predicted octanol–water partition coefficient (Wildman–Crippen LogP) is 11.6. The molecule has 3 aromatic heterocycles. The predicted molar refractivity (Wildman–Crippen MR) is 198 cm³/mol. The Hall–Kier alpha value is -5.58. The summed E-state index contributed by atoms with van der Waals surface area (Å²) in [4.78, 5) is 10.7. The van der Waals surface area contributed by atoms with Gasteiger partial charge >= 0.3 is 0 Å². The molecule has 0 atom stereocenters. The van der Waals surface area contributed by atoms with Gasteiger partial charge in [-0.05, 0) is 41.5 Å². The number of aromatic nitrogens is 3. The lowest BCUT2D eigenvalue weighted by Gasteiger charge is -2.21. The molecule has 3 nitrogen and oxygen atoms in total. The Kier molecular flexibility index (Phi) is 5.50. The lowest BCUT2D eigenvalue weighted by atomic mass is 9.85. The van der Waals surface area contributed by atoms with E-state index < -0.39 is 0 Å². The summed E-state index contributed by atoms with van der Waals surface area (Å²) in [5.41, 5.74) is 11.1. The Balaban J connectivity index is 1.25. The third kappa shape index (κ3) is 3.73. The minimum atomic E-state index is -0.247. The van der Waals surface area contributed by atoms with Crippen molar-refractivity contribution < 1.29 is 0 Å². The van der Waals surface area contributed by atoms with E-state index in [1.54, 1.807) is 0 Å². The van der Waals surface area contributed by atoms with Crippen molar-refractivity contribution in [2.24, 2.45) is 0 Å². The number of fused-ring (bicyclic) bond motifs is 10. The van der Waals surface area contributed by atoms with Gasteiger partial charge in [-0.3, -0.25) is 0 Å². The van der Waals surface area contributed by atoms with Crippen LogP contribution in [0.15, 0.2) is 140 Å². The summed E-state index contributed by atoms with van der Waals surface area (Å²) in [5.74, 6) is 0.747. The molecule has 0 radical (unpaired) electrons. The first-order valence-electron chi connectivity index (χ1n) is 16.1. The molecule has 47 heavy (non-hydrogen) atoms. The molecule has 0 unspecified atom stereocenters. The molecule has 6 aromatic carbocycles. The molecule has 10 rings (SSSR count). The fourth-order valence-electron chi connectivity index (χ4n) is 7.79. The van der Waals surface area contributed by atoms with Gasteiger partial charge < -0.3 is 4.57 Å². The summed E-state index contributed by atoms with van der Waals surface area (Å²) in [7, 11) is 0. The fraction of sp³-hybridized carbons (Fsp3) is 0.0698. The maximum atomic E-state index is 5.39. The standard InChI is InChI=1S/C43H29N3S/c1-43(2)33-20-9-6-18-31(33)38-39(26-13-4-3-5-14-26)44-42(45-41(38)43)27-15-12-16-28(25-27)46-34-21-10-7-17-29(34)30-23-24-36-37(40(30)46)32-19-8-11-22-35(32)47-36/h3-25H,1-2H3. The minimum absolute atomic E-state index is 0.247. The third-order valence-corrected chi connectivity index (χ3v) is 11.1. The molecule has 1 aliphatic carbocycles. The maximum absolute atomic E-state index is 5.39. The van der Waals surface area contributed by atoms with Gasteiger partial charge in [-0.15, -0.1) is 11.3 Å². The minimum Gasteiger partial charge on any atom is -0.309 e. The molecule has 0 saturated heterocycles. The van der Waals surface area contributed by atoms with E-state index in [-0.39, 0.29) is 5.41 Å². The van der Waals surface area contributed by atoms with Crippen LogP contribution in [0.4, 0.5) is 0 Å². The van der Waals surface area contributed by atoms with E-state index in [1.165, 1.54) is 53.1 Å². The second-order valence-corrected chi connectivity index (χ2v) is 14.1. The van der Waals surface area contributed by atoms with Crippen molar-refractivity contribution in [2.45, 2.75) is 19.3 Å². The van der Waals surface area contributed by atoms with Gasteiger partial charge in [0.05, 0.1) is 22.4 Å². The van der Waals surface area contributed by atoms with Crippen LogP contribution in [0.2, 0.25) is 0 Å². The molecule has 0 bridgehead atoms. The number of hydrogen-bond donors (Lipinski definition) is 0. The number of hydrogen-bond acceptors (Lipinski definition) is 3. The van der Waals surface area contributed by atoms with E-state index in [1.807, 2.05) is 11.3 Å². The molecule has 4 heteroatoms. The van der Waals surface area contributed by atoms with Gasteiger partial charge in [0.2, 0.25) is 0 Å². The average molecular weight is 620 g/mol. The highest BCUT2D eigenvalue weighted by Crippen LogP contribution is 2.51. The average Bonchev–Trinajstić information content (AvgIpc) is 3.74. The number of rotatable bonds is 3. The van der Waals surface area contributed by atoms with Gasteiger partial charge in [-0.1, -0.05) is 123 Å². The molecule has 0 spiro atoms. The summed E-state index contributed by atoms with van der Waals surface area (Å²) in [5, 5.41) is 5.13. The molecule has 3 heterocycles. The summed E-state index contributed by atoms with van der Waals surface area (Å²) >= 11 is 1.86. The first-order valence-corrected chi connectivity index (χ1v) is 16.9. The van der Waals surface area contributed by atoms with Crippen LogP contribution in [-0.2, 0) is 5.41 Å². The van der Waals surface area contributed by atoms with E-state index in [4.69, 9.17) is 9.97 Å². The Morgan fingerprint density at radius 3 is 2.23 bits per heavy atom. The quantitative estimate of drug-likeness (QED) is 0.197. The molecule has 222 valence electrons. The molecule has 0 fully saturated rings. The summed E-state index contributed by atoms with van der Waals surface area (Å²) in [6, 6.07) is 50.2. The van der Waals surface area contributed by atoms with Crippen LogP contribution < -0.4 is 0 Å². The van der Waals surface area contributed by atoms with Crippen molar-refractivity contribution in [3.63, 3.8) is 0 Å². The number of thiophene rings is 1. The van der Waals surface area contributed by atoms with Gasteiger partial charge in [-0.2, -0.15) is 0 Å². The number of benzene rings is 6. The normalized spacial score (nSPS) is 13.5. The third-order valence-electron chi connectivity index (χ3n) is 9.96. The topological polar surface area (TPSA) is 30.7 Å². The SMILES string of the molecule is CC1(C)c2ccccc2-c2c(-c3ccccc3)nc(-c3cccc(-n4c5ccccc5c5ccc6sc7ccccc7c6c54)c3)nc21. The van der Waals surface area contributed by atoms with E-state index >= 15 is 0 Å². The van der Waals surface area contributed by atoms with Gasteiger partial charge in [-0.25, -0.2) is 9.97 Å². The largest absolute Gasteiger partial charge is 0.309 e. The smallest absolute Gasteiger partial charge is 0.160 e. The van der Waals surface area contributed by atoms with Gasteiger partial charge in [0, 0.05) is 58.7 Å². The molecule has 0 aliphatic heterocycles. The monoisotopic (exact) mass is 619 g/mol. The van der Waals surface area contributed by atoms with Crippen LogP contribution in [0, 0.1) is 0 Å². The van der Waals surface area contributed by atoms with Crippen molar-refractivity contribution in [3.05, 3.63) is 151 Å². The number of para-hydroxylation sites is 1. The highest BCUT2D eigenvalue weighted by Gasteiger charge is 2.39. The van der Waals surface area contributed by atoms with E-state index in [2.05, 4.69) is 158 Å². The molecular weight excluding hydrogens is 591 g/mol. The van der Waals surface area contributed by atoms with Crippen LogP contribution >= 0.6 is 11.3 Å². The Morgan fingerprint density at radius 1 is 0.596 bits per heavy atom. The van der Waals surface area contributed by atoms with Crippen molar-refractivity contribution in [1.29, 1.82) is 0 Å². The van der Waals surface area contributed by atoms with Crippen LogP contribution in [0.5, 0.6) is 0 Å². The molecule has 0 amide bonds. The van der Waals surface area contributed by atoms with Gasteiger partial charge in [0.25, 0.3) is 0 Å². The van der Waals surface area contributed by atoms with E-state index in [0.29, 0.717) is 0 Å². The molecular formula is C43H29N3S. The Morgan fingerprint density at radius 2 is 1.34 bits per heavy atom. The van der Waals surface area contributed by atoms with Crippen molar-refractivity contribution in [2.75, 3.05) is 0 Å². The van der Waals surface area contributed by atoms with Crippen molar-refractivity contribution in [1.82, 2.24) is 14.5 Å². The van der Waals surface area contributed by atoms with Crippen molar-refractivity contribution in [3.8, 4) is 39.5 Å². The van der Waals surface area contributed by atoms with Crippen LogP contribution in [0.3, 0.4) is 0 Å². The Labute approximate surface area is 276 Å². The van der Waals surface area contributed by atoms with Crippen LogP contribution in [0.1, 0.15) is 25.1 Å². The molecule has 1 aliphatic rings. The Bertz CT molecular complexity index is 2710. The summed E-state index contributed by atoms with van der Waals surface area (Å²) in [6.07, 6.45) is 0. The van der Waals surface area contributed by atoms with E-state index in [0.717, 1.165) is 39.6 Å². The lowest BCUT2D eigenvalue weighted by molar-refractivity contribution is 0.636. The zero-order valence-corrected chi connectivity index (χ0v) is 26.8. The molecule has 0 saturated carbocycles. The molecule has 0 N–H and O–H groups in total. The van der Waals surface area contributed by atoms with E-state index in [9.17, 15) is 0 Å². The summed E-state index contributed by atoms with van der Waals surface area (Å²) in [6.45, 7) is 4.57. The van der Waals surface area contributed by atoms with Crippen LogP contribution in [-0.4, -0.2) is 14.5 Å². The summed E-state index contributed by atoms with van der Waals surface area (Å²) < 4.78 is 5.06. The van der Waals surface area contributed by atoms with Gasteiger partial charge in [0.15, 0.2) is 5.82 Å². The second kappa shape index (κ2) is 9.71.